The summed E-state index contributed by atoms with van der Waals surface area (Å²) in [6.07, 6.45) is 0.184. The second-order valence-corrected chi connectivity index (χ2v) is 8.64. The lowest BCUT2D eigenvalue weighted by atomic mass is 10.2. The first-order chi connectivity index (χ1) is 17.6. The monoisotopic (exact) mass is 547 g/mol. The molecule has 4 aromatic rings. The van der Waals surface area contributed by atoms with Gasteiger partial charge in [-0.3, -0.25) is 24.5 Å². The van der Waals surface area contributed by atoms with E-state index in [9.17, 15) is 24.8 Å². The van der Waals surface area contributed by atoms with Crippen molar-refractivity contribution in [2.45, 2.75) is 12.6 Å². The topological polar surface area (TPSA) is 170 Å². The van der Waals surface area contributed by atoms with Crippen molar-refractivity contribution in [3.05, 3.63) is 89.0 Å². The Morgan fingerprint density at radius 1 is 1.30 bits per heavy atom. The fourth-order valence-corrected chi connectivity index (χ4v) is 3.89. The number of hydrazone groups is 1. The molecule has 0 aliphatic rings. The SMILES string of the molecule is Cn1c(=O)[nH]c(=O)c2c1nc(N/N=C\c1cccc([N+](=O)[O-])c1)n2CC(O)COc1ccc(Cl)cc1Cl. The maximum atomic E-state index is 12.6. The summed E-state index contributed by atoms with van der Waals surface area (Å²) in [6.45, 7) is -0.362. The molecule has 4 rings (SSSR count). The molecule has 0 bridgehead atoms. The van der Waals surface area contributed by atoms with Gasteiger partial charge in [-0.15, -0.1) is 0 Å². The molecule has 0 radical (unpaired) electrons. The number of benzene rings is 2. The molecule has 0 aliphatic heterocycles. The van der Waals surface area contributed by atoms with Crippen LogP contribution in [0.4, 0.5) is 11.6 Å². The lowest BCUT2D eigenvalue weighted by Crippen LogP contribution is -2.30. The van der Waals surface area contributed by atoms with E-state index in [4.69, 9.17) is 27.9 Å². The van der Waals surface area contributed by atoms with Crippen LogP contribution in [0.15, 0.2) is 57.2 Å². The van der Waals surface area contributed by atoms with Crippen molar-refractivity contribution < 1.29 is 14.8 Å². The number of aryl methyl sites for hydroxylation is 1. The highest BCUT2D eigenvalue weighted by atomic mass is 35.5. The van der Waals surface area contributed by atoms with Gasteiger partial charge in [0.1, 0.15) is 18.5 Å². The Morgan fingerprint density at radius 2 is 2.08 bits per heavy atom. The van der Waals surface area contributed by atoms with Crippen molar-refractivity contribution in [3.63, 3.8) is 0 Å². The Kier molecular flexibility index (Phi) is 7.57. The van der Waals surface area contributed by atoms with Crippen LogP contribution in [0.2, 0.25) is 10.0 Å². The van der Waals surface area contributed by atoms with Crippen LogP contribution in [0.25, 0.3) is 11.2 Å². The number of nitro benzene ring substituents is 1. The molecular weight excluding hydrogens is 529 g/mol. The van der Waals surface area contributed by atoms with Crippen molar-refractivity contribution in [2.24, 2.45) is 12.1 Å². The fraction of sp³-hybridized carbons (Fsp3) is 0.182. The molecule has 0 saturated carbocycles. The number of rotatable bonds is 9. The van der Waals surface area contributed by atoms with Crippen molar-refractivity contribution in [2.75, 3.05) is 12.0 Å². The number of ether oxygens (including phenoxy) is 1. The first kappa shape index (κ1) is 25.9. The average molecular weight is 548 g/mol. The van der Waals surface area contributed by atoms with E-state index in [1.54, 1.807) is 18.2 Å². The number of nitrogens with one attached hydrogen (secondary N) is 2. The zero-order chi connectivity index (χ0) is 26.7. The van der Waals surface area contributed by atoms with Gasteiger partial charge in [0.2, 0.25) is 5.95 Å². The number of non-ortho nitro benzene ring substituents is 1. The Morgan fingerprint density at radius 3 is 2.81 bits per heavy atom. The van der Waals surface area contributed by atoms with Crippen LogP contribution in [0.5, 0.6) is 5.75 Å². The summed E-state index contributed by atoms with van der Waals surface area (Å²) in [7, 11) is 1.43. The lowest BCUT2D eigenvalue weighted by Gasteiger charge is -2.15. The smallest absolute Gasteiger partial charge is 0.329 e. The van der Waals surface area contributed by atoms with Gasteiger partial charge in [0.15, 0.2) is 11.2 Å². The van der Waals surface area contributed by atoms with Crippen LogP contribution >= 0.6 is 23.2 Å². The third-order valence-electron chi connectivity index (χ3n) is 5.18. The molecule has 37 heavy (non-hydrogen) atoms. The third kappa shape index (κ3) is 5.80. The van der Waals surface area contributed by atoms with Crippen LogP contribution in [0.1, 0.15) is 5.56 Å². The van der Waals surface area contributed by atoms with E-state index in [0.29, 0.717) is 16.3 Å². The fourth-order valence-electron chi connectivity index (χ4n) is 3.42. The number of hydrogen-bond acceptors (Lipinski definition) is 9. The van der Waals surface area contributed by atoms with Crippen LogP contribution in [-0.2, 0) is 13.6 Å². The van der Waals surface area contributed by atoms with Crippen molar-refractivity contribution in [3.8, 4) is 5.75 Å². The standard InChI is InChI=1S/C22H19Cl2N7O6/c1-29-19-18(20(33)27-22(29)34)30(10-15(32)11-37-17-6-5-13(23)8-16(17)24)21(26-19)28-25-9-12-3-2-4-14(7-12)31(35)36/h2-9,15,32H,10-11H2,1H3,(H,26,28)(H,27,33,34)/b25-9-. The van der Waals surface area contributed by atoms with Gasteiger partial charge in [-0.2, -0.15) is 10.1 Å². The molecule has 0 saturated heterocycles. The number of imidazole rings is 1. The number of halogens is 2. The molecule has 15 heteroatoms. The number of hydrogen-bond donors (Lipinski definition) is 3. The molecule has 192 valence electrons. The highest BCUT2D eigenvalue weighted by Crippen LogP contribution is 2.27. The Labute approximate surface area is 217 Å². The molecule has 1 atom stereocenters. The molecule has 1 unspecified atom stereocenters. The van der Waals surface area contributed by atoms with Crippen molar-refractivity contribution in [1.82, 2.24) is 19.1 Å². The molecule has 0 fully saturated rings. The van der Waals surface area contributed by atoms with E-state index in [1.165, 1.54) is 42.1 Å². The summed E-state index contributed by atoms with van der Waals surface area (Å²) in [5.74, 6) is 0.340. The van der Waals surface area contributed by atoms with Gasteiger partial charge in [0, 0.05) is 29.8 Å². The predicted octanol–water partition coefficient (Wildman–Crippen LogP) is 2.52. The van der Waals surface area contributed by atoms with Gasteiger partial charge >= 0.3 is 5.69 Å². The Balaban J connectivity index is 1.62. The normalized spacial score (nSPS) is 12.2. The number of aromatic nitrogens is 4. The number of fused-ring (bicyclic) bond motifs is 1. The second-order valence-electron chi connectivity index (χ2n) is 7.80. The number of aliphatic hydroxyl groups is 1. The van der Waals surface area contributed by atoms with E-state index in [1.807, 2.05) is 0 Å². The van der Waals surface area contributed by atoms with Crippen LogP contribution in [0, 0.1) is 10.1 Å². The van der Waals surface area contributed by atoms with Gasteiger partial charge in [-0.05, 0) is 18.2 Å². The number of aromatic amines is 1. The second kappa shape index (κ2) is 10.8. The van der Waals surface area contributed by atoms with Crippen LogP contribution < -0.4 is 21.4 Å². The number of H-pyrrole nitrogens is 1. The summed E-state index contributed by atoms with van der Waals surface area (Å²) < 4.78 is 8.06. The zero-order valence-electron chi connectivity index (χ0n) is 19.1. The third-order valence-corrected chi connectivity index (χ3v) is 5.72. The number of nitrogens with zero attached hydrogens (tertiary/aromatic N) is 5. The van der Waals surface area contributed by atoms with E-state index >= 15 is 0 Å². The largest absolute Gasteiger partial charge is 0.489 e. The minimum absolute atomic E-state index is 0.0127. The molecule has 13 nitrogen and oxygen atoms in total. The van der Waals surface area contributed by atoms with E-state index in [2.05, 4.69) is 20.5 Å². The van der Waals surface area contributed by atoms with Gasteiger partial charge < -0.3 is 14.4 Å². The highest BCUT2D eigenvalue weighted by Gasteiger charge is 2.20. The van der Waals surface area contributed by atoms with Gasteiger partial charge in [0.25, 0.3) is 11.2 Å². The van der Waals surface area contributed by atoms with Crippen molar-refractivity contribution >= 4 is 52.2 Å². The van der Waals surface area contributed by atoms with E-state index < -0.39 is 22.3 Å². The summed E-state index contributed by atoms with van der Waals surface area (Å²) in [5, 5.41) is 26.4. The average Bonchev–Trinajstić information content (AvgIpc) is 3.21. The van der Waals surface area contributed by atoms with Crippen LogP contribution in [-0.4, -0.2) is 48.1 Å². The summed E-state index contributed by atoms with van der Waals surface area (Å²) in [6, 6.07) is 10.4. The minimum Gasteiger partial charge on any atom is -0.489 e. The molecule has 0 aliphatic carbocycles. The zero-order valence-corrected chi connectivity index (χ0v) is 20.6. The molecule has 2 aromatic heterocycles. The van der Waals surface area contributed by atoms with Crippen molar-refractivity contribution in [1.29, 1.82) is 0 Å². The van der Waals surface area contributed by atoms with Gasteiger partial charge in [-0.25, -0.2) is 10.2 Å². The number of nitro groups is 1. The maximum absolute atomic E-state index is 12.6. The first-order valence-corrected chi connectivity index (χ1v) is 11.4. The molecule has 0 amide bonds. The maximum Gasteiger partial charge on any atom is 0.329 e. The summed E-state index contributed by atoms with van der Waals surface area (Å²) >= 11 is 12.0. The first-order valence-electron chi connectivity index (χ1n) is 10.6. The lowest BCUT2D eigenvalue weighted by molar-refractivity contribution is -0.384. The van der Waals surface area contributed by atoms with E-state index in [0.717, 1.165) is 4.57 Å². The summed E-state index contributed by atoms with van der Waals surface area (Å²) in [4.78, 5) is 41.6. The molecule has 2 aromatic carbocycles. The quantitative estimate of drug-likeness (QED) is 0.163. The molecule has 0 spiro atoms. The minimum atomic E-state index is -1.14. The van der Waals surface area contributed by atoms with Gasteiger partial charge in [-0.1, -0.05) is 35.3 Å². The Bertz CT molecular complexity index is 1630. The highest BCUT2D eigenvalue weighted by molar-refractivity contribution is 6.35. The predicted molar refractivity (Wildman–Crippen MR) is 138 cm³/mol. The number of aliphatic hydroxyl groups excluding tert-OH is 1. The Hall–Kier alpha value is -4.20. The molecule has 2 heterocycles. The summed E-state index contributed by atoms with van der Waals surface area (Å²) in [5.41, 5.74) is 1.67. The van der Waals surface area contributed by atoms with Crippen LogP contribution in [0.3, 0.4) is 0 Å². The van der Waals surface area contributed by atoms with Gasteiger partial charge in [0.05, 0.1) is 22.7 Å². The molecule has 3 N–H and O–H groups in total. The molecular formula is C22H19Cl2N7O6. The number of anilines is 1. The van der Waals surface area contributed by atoms with E-state index in [-0.39, 0.29) is 41.0 Å².